The van der Waals surface area contributed by atoms with Crippen LogP contribution in [0.5, 0.6) is 0 Å². The largest absolute Gasteiger partial charge is 0.460 e. The number of aliphatic hydroxyl groups is 1. The summed E-state index contributed by atoms with van der Waals surface area (Å²) < 4.78 is 4.90. The zero-order valence-electron chi connectivity index (χ0n) is 20.6. The first-order chi connectivity index (χ1) is 15.6. The molecule has 1 rings (SSSR count). The summed E-state index contributed by atoms with van der Waals surface area (Å²) in [6.45, 7) is 4.88. The fourth-order valence-electron chi connectivity index (χ4n) is 3.68. The summed E-state index contributed by atoms with van der Waals surface area (Å²) in [4.78, 5) is 11.5. The van der Waals surface area contributed by atoms with Gasteiger partial charge in [-0.2, -0.15) is 0 Å². The van der Waals surface area contributed by atoms with Crippen LogP contribution < -0.4 is 5.32 Å². The van der Waals surface area contributed by atoms with Gasteiger partial charge in [-0.05, 0) is 37.1 Å². The third-order valence-electron chi connectivity index (χ3n) is 5.65. The van der Waals surface area contributed by atoms with E-state index in [0.29, 0.717) is 0 Å². The van der Waals surface area contributed by atoms with Gasteiger partial charge in [-0.15, -0.1) is 0 Å². The standard InChI is InChI=1S/C28H47NO3/c1-3-4-5-6-7-8-9-10-11-12-13-14-15-16-23-29-27-20-17-26(18-21-27)19-22-28(31)32-24-25(2)30/h17-22,25,29-30H,3-16,23-24H2,1-2H3. The van der Waals surface area contributed by atoms with Gasteiger partial charge in [0.15, 0.2) is 0 Å². The van der Waals surface area contributed by atoms with E-state index in [1.807, 2.05) is 24.3 Å². The van der Waals surface area contributed by atoms with Crippen molar-refractivity contribution in [2.45, 2.75) is 110 Å². The van der Waals surface area contributed by atoms with Crippen LogP contribution >= 0.6 is 0 Å². The van der Waals surface area contributed by atoms with Crippen LogP contribution in [0.25, 0.3) is 6.08 Å². The number of nitrogens with one attached hydrogen (secondary N) is 1. The van der Waals surface area contributed by atoms with Crippen molar-refractivity contribution in [1.82, 2.24) is 0 Å². The Labute approximate surface area is 196 Å². The summed E-state index contributed by atoms with van der Waals surface area (Å²) >= 11 is 0. The highest BCUT2D eigenvalue weighted by Crippen LogP contribution is 2.14. The molecule has 0 radical (unpaired) electrons. The minimum absolute atomic E-state index is 0.0191. The van der Waals surface area contributed by atoms with Crippen LogP contribution in [-0.4, -0.2) is 30.3 Å². The quantitative estimate of drug-likeness (QED) is 0.124. The van der Waals surface area contributed by atoms with Gasteiger partial charge < -0.3 is 15.2 Å². The van der Waals surface area contributed by atoms with E-state index in [0.717, 1.165) is 17.8 Å². The van der Waals surface area contributed by atoms with Gasteiger partial charge >= 0.3 is 5.97 Å². The highest BCUT2D eigenvalue weighted by molar-refractivity contribution is 5.87. The van der Waals surface area contributed by atoms with Crippen molar-refractivity contribution >= 4 is 17.7 Å². The zero-order valence-corrected chi connectivity index (χ0v) is 20.6. The van der Waals surface area contributed by atoms with Gasteiger partial charge in [-0.25, -0.2) is 4.79 Å². The minimum Gasteiger partial charge on any atom is -0.460 e. The van der Waals surface area contributed by atoms with Crippen molar-refractivity contribution in [2.75, 3.05) is 18.5 Å². The third-order valence-corrected chi connectivity index (χ3v) is 5.65. The van der Waals surface area contributed by atoms with Crippen LogP contribution in [0, 0.1) is 0 Å². The lowest BCUT2D eigenvalue weighted by Gasteiger charge is -2.07. The van der Waals surface area contributed by atoms with E-state index in [4.69, 9.17) is 9.84 Å². The molecule has 0 heterocycles. The van der Waals surface area contributed by atoms with Crippen LogP contribution in [0.2, 0.25) is 0 Å². The molecule has 1 atom stereocenters. The molecule has 0 aliphatic carbocycles. The first-order valence-electron chi connectivity index (χ1n) is 13.0. The van der Waals surface area contributed by atoms with Crippen molar-refractivity contribution in [2.24, 2.45) is 0 Å². The fraction of sp³-hybridized carbons (Fsp3) is 0.679. The van der Waals surface area contributed by atoms with Crippen molar-refractivity contribution in [3.63, 3.8) is 0 Å². The van der Waals surface area contributed by atoms with E-state index in [-0.39, 0.29) is 6.61 Å². The monoisotopic (exact) mass is 445 g/mol. The highest BCUT2D eigenvalue weighted by atomic mass is 16.5. The van der Waals surface area contributed by atoms with Gasteiger partial charge in [0.1, 0.15) is 6.61 Å². The van der Waals surface area contributed by atoms with Crippen molar-refractivity contribution in [3.05, 3.63) is 35.9 Å². The Hall–Kier alpha value is -1.81. The van der Waals surface area contributed by atoms with Gasteiger partial charge in [0.2, 0.25) is 0 Å². The highest BCUT2D eigenvalue weighted by Gasteiger charge is 2.01. The Kier molecular flexibility index (Phi) is 17.5. The predicted octanol–water partition coefficient (Wildman–Crippen LogP) is 7.52. The van der Waals surface area contributed by atoms with Gasteiger partial charge in [0.05, 0.1) is 6.10 Å². The number of rotatable bonds is 20. The number of hydrogen-bond donors (Lipinski definition) is 2. The van der Waals surface area contributed by atoms with E-state index < -0.39 is 12.1 Å². The molecule has 0 aromatic heterocycles. The maximum atomic E-state index is 11.5. The molecular formula is C28H47NO3. The van der Waals surface area contributed by atoms with E-state index in [1.165, 1.54) is 96.0 Å². The number of carbonyl (C=O) groups excluding carboxylic acids is 1. The summed E-state index contributed by atoms with van der Waals surface area (Å²) in [5.41, 5.74) is 2.05. The van der Waals surface area contributed by atoms with Crippen LogP contribution in [0.4, 0.5) is 5.69 Å². The number of esters is 1. The number of benzene rings is 1. The molecule has 32 heavy (non-hydrogen) atoms. The van der Waals surface area contributed by atoms with Crippen LogP contribution in [-0.2, 0) is 9.53 Å². The lowest BCUT2D eigenvalue weighted by Crippen LogP contribution is -2.13. The van der Waals surface area contributed by atoms with E-state index in [9.17, 15) is 4.79 Å². The number of unbranched alkanes of at least 4 members (excludes halogenated alkanes) is 13. The zero-order chi connectivity index (χ0) is 23.3. The molecule has 1 aromatic rings. The Balaban J connectivity index is 1.96. The van der Waals surface area contributed by atoms with Gasteiger partial charge in [0.25, 0.3) is 0 Å². The van der Waals surface area contributed by atoms with Gasteiger partial charge in [-0.1, -0.05) is 103 Å². The van der Waals surface area contributed by atoms with Gasteiger partial charge in [0, 0.05) is 18.3 Å². The van der Waals surface area contributed by atoms with E-state index in [2.05, 4.69) is 12.2 Å². The number of hydrogen-bond acceptors (Lipinski definition) is 4. The molecule has 4 nitrogen and oxygen atoms in total. The SMILES string of the molecule is CCCCCCCCCCCCCCCCNc1ccc(C=CC(=O)OCC(C)O)cc1. The third kappa shape index (κ3) is 16.8. The number of aliphatic hydroxyl groups excluding tert-OH is 1. The maximum absolute atomic E-state index is 11.5. The summed E-state index contributed by atoms with van der Waals surface area (Å²) in [6, 6.07) is 8.02. The molecule has 0 spiro atoms. The Bertz CT molecular complexity index is 595. The second-order valence-corrected chi connectivity index (χ2v) is 8.96. The van der Waals surface area contributed by atoms with Crippen LogP contribution in [0.1, 0.15) is 109 Å². The maximum Gasteiger partial charge on any atom is 0.330 e. The molecule has 182 valence electrons. The molecule has 0 amide bonds. The second kappa shape index (κ2) is 19.8. The lowest BCUT2D eigenvalue weighted by atomic mass is 10.0. The normalized spacial score (nSPS) is 12.2. The smallest absolute Gasteiger partial charge is 0.330 e. The van der Waals surface area contributed by atoms with E-state index >= 15 is 0 Å². The summed E-state index contributed by atoms with van der Waals surface area (Å²) in [6.07, 6.45) is 21.8. The molecule has 0 fully saturated rings. The number of ether oxygens (including phenoxy) is 1. The Morgan fingerprint density at radius 3 is 1.88 bits per heavy atom. The molecule has 4 heteroatoms. The molecule has 0 bridgehead atoms. The molecule has 0 saturated heterocycles. The molecule has 1 aromatic carbocycles. The second-order valence-electron chi connectivity index (χ2n) is 8.96. The van der Waals surface area contributed by atoms with Crippen molar-refractivity contribution in [3.8, 4) is 0 Å². The topological polar surface area (TPSA) is 58.6 Å². The number of carbonyl (C=O) groups is 1. The van der Waals surface area contributed by atoms with Crippen LogP contribution in [0.3, 0.4) is 0 Å². The average Bonchev–Trinajstić information content (AvgIpc) is 2.79. The molecule has 2 N–H and O–H groups in total. The fourth-order valence-corrected chi connectivity index (χ4v) is 3.68. The molecule has 0 aliphatic rings. The van der Waals surface area contributed by atoms with Crippen molar-refractivity contribution in [1.29, 1.82) is 0 Å². The molecular weight excluding hydrogens is 398 g/mol. The summed E-state index contributed by atoms with van der Waals surface area (Å²) in [5.74, 6) is -0.439. The first-order valence-corrected chi connectivity index (χ1v) is 13.0. The predicted molar refractivity (Wildman–Crippen MR) is 137 cm³/mol. The molecule has 0 aliphatic heterocycles. The Morgan fingerprint density at radius 1 is 0.875 bits per heavy atom. The summed E-state index contributed by atoms with van der Waals surface area (Å²) in [7, 11) is 0. The van der Waals surface area contributed by atoms with Crippen LogP contribution in [0.15, 0.2) is 30.3 Å². The summed E-state index contributed by atoms with van der Waals surface area (Å²) in [5, 5.41) is 12.6. The van der Waals surface area contributed by atoms with Gasteiger partial charge in [-0.3, -0.25) is 0 Å². The molecule has 0 saturated carbocycles. The average molecular weight is 446 g/mol. The van der Waals surface area contributed by atoms with E-state index in [1.54, 1.807) is 13.0 Å². The van der Waals surface area contributed by atoms with Crippen molar-refractivity contribution < 1.29 is 14.6 Å². The lowest BCUT2D eigenvalue weighted by molar-refractivity contribution is -0.140. The molecule has 1 unspecified atom stereocenters. The Morgan fingerprint density at radius 2 is 1.38 bits per heavy atom. The first kappa shape index (κ1) is 28.2. The number of anilines is 1. The minimum atomic E-state index is -0.641.